The molecule has 0 aromatic carbocycles. The van der Waals surface area contributed by atoms with Gasteiger partial charge in [0.2, 0.25) is 5.91 Å². The van der Waals surface area contributed by atoms with Crippen molar-refractivity contribution in [1.82, 2.24) is 4.90 Å². The summed E-state index contributed by atoms with van der Waals surface area (Å²) in [5, 5.41) is 5.08. The number of nitrogens with zero attached hydrogens (tertiary/aromatic N) is 1. The van der Waals surface area contributed by atoms with Crippen molar-refractivity contribution in [3.8, 4) is 0 Å². The molecule has 6 heteroatoms. The van der Waals surface area contributed by atoms with Gasteiger partial charge in [-0.2, -0.15) is 0 Å². The number of hydrogen-bond acceptors (Lipinski definition) is 3. The molecule has 5 nitrogen and oxygen atoms in total. The number of morpholine rings is 1. The van der Waals surface area contributed by atoms with Crippen molar-refractivity contribution in [3.05, 3.63) is 0 Å². The Morgan fingerprint density at radius 1 is 1.43 bits per heavy atom. The van der Waals surface area contributed by atoms with Gasteiger partial charge in [-0.3, -0.25) is 9.93 Å². The lowest BCUT2D eigenvalue weighted by molar-refractivity contribution is -0.135. The minimum Gasteiger partial charge on any atom is -0.378 e. The highest BCUT2D eigenvalue weighted by molar-refractivity contribution is 7.82. The molecule has 1 aliphatic rings. The monoisotopic (exact) mass is 220 g/mol. The highest BCUT2D eigenvalue weighted by Crippen LogP contribution is 2.02. The largest absolute Gasteiger partial charge is 0.378 e. The quantitative estimate of drug-likeness (QED) is 0.677. The maximum absolute atomic E-state index is 11.5. The van der Waals surface area contributed by atoms with Gasteiger partial charge in [0.15, 0.2) is 0 Å². The third-order valence-corrected chi connectivity index (χ3v) is 2.79. The third kappa shape index (κ3) is 4.17. The average Bonchev–Trinajstić information content (AvgIpc) is 2.18. The topological polar surface area (TPSA) is 72.6 Å². The molecule has 82 valence electrons. The Bertz CT molecular complexity index is 217. The lowest BCUT2D eigenvalue weighted by Gasteiger charge is -2.26. The molecule has 0 aromatic heterocycles. The molecule has 1 aliphatic heterocycles. The third-order valence-electron chi connectivity index (χ3n) is 2.10. The van der Waals surface area contributed by atoms with Crippen LogP contribution in [0.25, 0.3) is 0 Å². The molecule has 0 bridgehead atoms. The van der Waals surface area contributed by atoms with Crippen LogP contribution in [-0.2, 0) is 20.5 Å². The van der Waals surface area contributed by atoms with E-state index < -0.39 is 11.0 Å². The Morgan fingerprint density at radius 3 is 2.64 bits per heavy atom. The SMILES string of the molecule is NS(=O)CCCC(=O)N1CCOCC1. The highest BCUT2D eigenvalue weighted by Gasteiger charge is 2.15. The summed E-state index contributed by atoms with van der Waals surface area (Å²) in [4.78, 5) is 13.3. The Balaban J connectivity index is 2.16. The van der Waals surface area contributed by atoms with Crippen LogP contribution in [0, 0.1) is 0 Å². The van der Waals surface area contributed by atoms with Crippen LogP contribution in [0.5, 0.6) is 0 Å². The summed E-state index contributed by atoms with van der Waals surface area (Å²) in [6.07, 6.45) is 1.03. The van der Waals surface area contributed by atoms with E-state index in [0.717, 1.165) is 0 Å². The second kappa shape index (κ2) is 6.10. The van der Waals surface area contributed by atoms with E-state index in [-0.39, 0.29) is 5.91 Å². The summed E-state index contributed by atoms with van der Waals surface area (Å²) in [6.45, 7) is 2.58. The van der Waals surface area contributed by atoms with Crippen molar-refractivity contribution in [1.29, 1.82) is 0 Å². The fourth-order valence-electron chi connectivity index (χ4n) is 1.34. The molecule has 0 saturated carbocycles. The molecule has 0 aliphatic carbocycles. The molecular weight excluding hydrogens is 204 g/mol. The first kappa shape index (κ1) is 11.6. The lowest BCUT2D eigenvalue weighted by Crippen LogP contribution is -2.40. The Kier molecular flexibility index (Phi) is 5.06. The van der Waals surface area contributed by atoms with Crippen molar-refractivity contribution < 1.29 is 13.7 Å². The summed E-state index contributed by atoms with van der Waals surface area (Å²) in [7, 11) is -1.28. The summed E-state index contributed by atoms with van der Waals surface area (Å²) in [6, 6.07) is 0. The van der Waals surface area contributed by atoms with Gasteiger partial charge < -0.3 is 9.64 Å². The summed E-state index contributed by atoms with van der Waals surface area (Å²) in [5.74, 6) is 0.509. The molecule has 1 rings (SSSR count). The van der Waals surface area contributed by atoms with Crippen LogP contribution in [0.15, 0.2) is 0 Å². The number of rotatable bonds is 4. The number of hydrogen-bond donors (Lipinski definition) is 1. The number of ether oxygens (including phenoxy) is 1. The van der Waals surface area contributed by atoms with E-state index in [1.165, 1.54) is 0 Å². The molecule has 1 heterocycles. The van der Waals surface area contributed by atoms with Gasteiger partial charge in [0.1, 0.15) is 0 Å². The maximum atomic E-state index is 11.5. The van der Waals surface area contributed by atoms with Gasteiger partial charge in [-0.25, -0.2) is 4.21 Å². The second-order valence-electron chi connectivity index (χ2n) is 3.18. The average molecular weight is 220 g/mol. The zero-order valence-electron chi connectivity index (χ0n) is 8.11. The molecule has 1 saturated heterocycles. The molecular formula is C8H16N2O3S. The molecule has 1 atom stereocenters. The Hall–Kier alpha value is -0.460. The smallest absolute Gasteiger partial charge is 0.222 e. The fourth-order valence-corrected chi connectivity index (χ4v) is 1.77. The van der Waals surface area contributed by atoms with E-state index >= 15 is 0 Å². The van der Waals surface area contributed by atoms with E-state index in [9.17, 15) is 9.00 Å². The molecule has 1 fully saturated rings. The molecule has 0 spiro atoms. The van der Waals surface area contributed by atoms with Crippen molar-refractivity contribution in [2.75, 3.05) is 32.1 Å². The number of nitrogens with two attached hydrogens (primary N) is 1. The maximum Gasteiger partial charge on any atom is 0.222 e. The van der Waals surface area contributed by atoms with Crippen molar-refractivity contribution in [2.45, 2.75) is 12.8 Å². The Labute approximate surface area is 86.2 Å². The van der Waals surface area contributed by atoms with Crippen LogP contribution in [0.2, 0.25) is 0 Å². The van der Waals surface area contributed by atoms with Crippen LogP contribution in [0.3, 0.4) is 0 Å². The lowest BCUT2D eigenvalue weighted by atomic mass is 10.3. The summed E-state index contributed by atoms with van der Waals surface area (Å²) < 4.78 is 15.7. The zero-order chi connectivity index (χ0) is 10.4. The van der Waals surface area contributed by atoms with Crippen molar-refractivity contribution in [2.24, 2.45) is 5.14 Å². The van der Waals surface area contributed by atoms with E-state index in [1.54, 1.807) is 4.90 Å². The van der Waals surface area contributed by atoms with Gasteiger partial charge >= 0.3 is 0 Å². The summed E-state index contributed by atoms with van der Waals surface area (Å²) >= 11 is 0. The van der Waals surface area contributed by atoms with Crippen LogP contribution in [-0.4, -0.2) is 47.1 Å². The van der Waals surface area contributed by atoms with Crippen LogP contribution in [0.4, 0.5) is 0 Å². The standard InChI is InChI=1S/C8H16N2O3S/c9-14(12)7-1-2-8(11)10-3-5-13-6-4-10/h1-7,9H2. The minimum atomic E-state index is -1.28. The van der Waals surface area contributed by atoms with Gasteiger partial charge in [0.05, 0.1) is 24.2 Å². The first-order valence-corrected chi connectivity index (χ1v) is 6.06. The van der Waals surface area contributed by atoms with Gasteiger partial charge in [-0.15, -0.1) is 0 Å². The van der Waals surface area contributed by atoms with Crippen LogP contribution in [0.1, 0.15) is 12.8 Å². The van der Waals surface area contributed by atoms with Crippen LogP contribution < -0.4 is 5.14 Å². The molecule has 2 N–H and O–H groups in total. The Morgan fingerprint density at radius 2 is 2.07 bits per heavy atom. The van der Waals surface area contributed by atoms with E-state index in [4.69, 9.17) is 9.88 Å². The minimum absolute atomic E-state index is 0.110. The predicted octanol–water partition coefficient (Wildman–Crippen LogP) is -0.752. The first-order valence-electron chi connectivity index (χ1n) is 4.68. The zero-order valence-corrected chi connectivity index (χ0v) is 8.92. The van der Waals surface area contributed by atoms with Gasteiger partial charge in [0, 0.05) is 25.3 Å². The van der Waals surface area contributed by atoms with Gasteiger partial charge in [0.25, 0.3) is 0 Å². The molecule has 1 unspecified atom stereocenters. The normalized spacial score (nSPS) is 19.4. The predicted molar refractivity (Wildman–Crippen MR) is 53.8 cm³/mol. The molecule has 14 heavy (non-hydrogen) atoms. The van der Waals surface area contributed by atoms with Gasteiger partial charge in [-0.05, 0) is 6.42 Å². The molecule has 0 radical (unpaired) electrons. The van der Waals surface area contributed by atoms with E-state index in [1.807, 2.05) is 0 Å². The molecule has 1 amide bonds. The van der Waals surface area contributed by atoms with Gasteiger partial charge in [-0.1, -0.05) is 0 Å². The van der Waals surface area contributed by atoms with E-state index in [0.29, 0.717) is 44.9 Å². The highest BCUT2D eigenvalue weighted by atomic mass is 32.2. The second-order valence-corrected chi connectivity index (χ2v) is 4.35. The molecule has 0 aromatic rings. The number of amides is 1. The van der Waals surface area contributed by atoms with Crippen molar-refractivity contribution >= 4 is 16.9 Å². The first-order chi connectivity index (χ1) is 6.70. The fraction of sp³-hybridized carbons (Fsp3) is 0.875. The number of carbonyl (C=O) groups is 1. The van der Waals surface area contributed by atoms with Crippen molar-refractivity contribution in [3.63, 3.8) is 0 Å². The summed E-state index contributed by atoms with van der Waals surface area (Å²) in [5.41, 5.74) is 0. The van der Waals surface area contributed by atoms with E-state index in [2.05, 4.69) is 0 Å². The number of carbonyl (C=O) groups excluding carboxylic acids is 1. The van der Waals surface area contributed by atoms with Crippen LogP contribution >= 0.6 is 0 Å².